The standard InChI is InChI=1S/C13H11N3O2S/c1-6-2-3-8-7(4-6)13(18)16-12(15-8)10-9(17)5-19-11(10)14/h2-4H,5,14H2,1H3,(H,15,16,18). The Morgan fingerprint density at radius 3 is 2.84 bits per heavy atom. The van der Waals surface area contributed by atoms with E-state index in [1.807, 2.05) is 13.0 Å². The largest absolute Gasteiger partial charge is 0.393 e. The van der Waals surface area contributed by atoms with Crippen LogP contribution in [0, 0.1) is 6.92 Å². The number of fused-ring (bicyclic) bond motifs is 1. The van der Waals surface area contributed by atoms with Crippen molar-refractivity contribution in [3.8, 4) is 0 Å². The minimum atomic E-state index is -0.256. The Hall–Kier alpha value is -2.08. The highest BCUT2D eigenvalue weighted by Crippen LogP contribution is 2.30. The van der Waals surface area contributed by atoms with E-state index in [-0.39, 0.29) is 17.2 Å². The number of ketones is 1. The van der Waals surface area contributed by atoms with Gasteiger partial charge in [-0.15, -0.1) is 0 Å². The van der Waals surface area contributed by atoms with Crippen LogP contribution >= 0.6 is 11.8 Å². The van der Waals surface area contributed by atoms with Crippen molar-refractivity contribution in [1.29, 1.82) is 0 Å². The van der Waals surface area contributed by atoms with Gasteiger partial charge in [-0.2, -0.15) is 0 Å². The summed E-state index contributed by atoms with van der Waals surface area (Å²) < 4.78 is 0. The molecule has 1 aliphatic heterocycles. The lowest BCUT2D eigenvalue weighted by Crippen LogP contribution is -2.15. The molecule has 0 radical (unpaired) electrons. The maximum absolute atomic E-state index is 12.0. The molecule has 1 aromatic carbocycles. The van der Waals surface area contributed by atoms with Crippen LogP contribution in [0.5, 0.6) is 0 Å². The summed E-state index contributed by atoms with van der Waals surface area (Å²) in [6.07, 6.45) is 0. The number of Topliss-reactive ketones (excluding diaryl/α,β-unsaturated/α-hetero) is 1. The zero-order chi connectivity index (χ0) is 13.6. The average Bonchev–Trinajstić information content (AvgIpc) is 2.70. The number of nitrogens with zero attached hydrogens (tertiary/aromatic N) is 1. The molecule has 0 saturated carbocycles. The number of hydrogen-bond acceptors (Lipinski definition) is 5. The molecule has 0 atom stereocenters. The molecular weight excluding hydrogens is 262 g/mol. The number of benzene rings is 1. The second-order valence-corrected chi connectivity index (χ2v) is 5.40. The fourth-order valence-electron chi connectivity index (χ4n) is 2.04. The number of aromatic nitrogens is 2. The molecule has 2 heterocycles. The van der Waals surface area contributed by atoms with Gasteiger partial charge in [0.05, 0.1) is 27.3 Å². The molecule has 0 unspecified atom stereocenters. The van der Waals surface area contributed by atoms with E-state index in [9.17, 15) is 9.59 Å². The lowest BCUT2D eigenvalue weighted by Gasteiger charge is -2.04. The van der Waals surface area contributed by atoms with Gasteiger partial charge in [-0.3, -0.25) is 9.59 Å². The summed E-state index contributed by atoms with van der Waals surface area (Å²) in [4.78, 5) is 30.8. The van der Waals surface area contributed by atoms with Crippen molar-refractivity contribution in [1.82, 2.24) is 9.97 Å². The molecule has 3 rings (SSSR count). The van der Waals surface area contributed by atoms with E-state index in [4.69, 9.17) is 5.73 Å². The van der Waals surface area contributed by atoms with Gasteiger partial charge in [0.2, 0.25) is 0 Å². The zero-order valence-electron chi connectivity index (χ0n) is 10.2. The maximum Gasteiger partial charge on any atom is 0.259 e. The van der Waals surface area contributed by atoms with Gasteiger partial charge < -0.3 is 10.7 Å². The number of rotatable bonds is 1. The van der Waals surface area contributed by atoms with Gasteiger partial charge in [-0.1, -0.05) is 23.4 Å². The summed E-state index contributed by atoms with van der Waals surface area (Å²) in [5.41, 5.74) is 7.40. The molecular formula is C13H11N3O2S. The monoisotopic (exact) mass is 273 g/mol. The Kier molecular flexibility index (Phi) is 2.67. The van der Waals surface area contributed by atoms with Crippen molar-refractivity contribution in [3.05, 3.63) is 45.0 Å². The number of carbonyl (C=O) groups is 1. The highest BCUT2D eigenvalue weighted by Gasteiger charge is 2.25. The highest BCUT2D eigenvalue weighted by atomic mass is 32.2. The third-order valence-electron chi connectivity index (χ3n) is 2.98. The Balaban J connectivity index is 2.28. The minimum Gasteiger partial charge on any atom is -0.393 e. The molecule has 0 saturated heterocycles. The SMILES string of the molecule is Cc1ccc2nc(C3=C(N)SCC3=O)[nH]c(=O)c2c1. The van der Waals surface area contributed by atoms with Crippen molar-refractivity contribution in [2.45, 2.75) is 6.92 Å². The second-order valence-electron chi connectivity index (χ2n) is 4.39. The second kappa shape index (κ2) is 4.24. The van der Waals surface area contributed by atoms with Gasteiger partial charge >= 0.3 is 0 Å². The number of allylic oxidation sites excluding steroid dienone is 1. The molecule has 19 heavy (non-hydrogen) atoms. The van der Waals surface area contributed by atoms with Gasteiger partial charge in [0, 0.05) is 0 Å². The molecule has 96 valence electrons. The van der Waals surface area contributed by atoms with E-state index >= 15 is 0 Å². The first-order chi connectivity index (χ1) is 9.06. The molecule has 2 aromatic rings. The van der Waals surface area contributed by atoms with Gasteiger partial charge in [-0.05, 0) is 19.1 Å². The van der Waals surface area contributed by atoms with E-state index in [0.29, 0.717) is 27.3 Å². The van der Waals surface area contributed by atoms with Crippen molar-refractivity contribution >= 4 is 34.0 Å². The van der Waals surface area contributed by atoms with Crippen LogP contribution in [-0.2, 0) is 4.79 Å². The normalized spacial score (nSPS) is 15.5. The Morgan fingerprint density at radius 2 is 2.16 bits per heavy atom. The Labute approximate surface area is 112 Å². The molecule has 5 nitrogen and oxygen atoms in total. The molecule has 1 aromatic heterocycles. The summed E-state index contributed by atoms with van der Waals surface area (Å²) in [5, 5.41) is 0.931. The number of carbonyl (C=O) groups excluding carboxylic acids is 1. The number of aromatic amines is 1. The predicted octanol–water partition coefficient (Wildman–Crippen LogP) is 1.17. The number of H-pyrrole nitrogens is 1. The number of thioether (sulfide) groups is 1. The summed E-state index contributed by atoms with van der Waals surface area (Å²) >= 11 is 1.27. The fraction of sp³-hybridized carbons (Fsp3) is 0.154. The first-order valence-electron chi connectivity index (χ1n) is 5.73. The first-order valence-corrected chi connectivity index (χ1v) is 6.71. The Bertz CT molecular complexity index is 792. The van der Waals surface area contributed by atoms with Crippen LogP contribution in [0.3, 0.4) is 0 Å². The maximum atomic E-state index is 12.0. The third kappa shape index (κ3) is 1.94. The lowest BCUT2D eigenvalue weighted by molar-refractivity contribution is -0.111. The van der Waals surface area contributed by atoms with Crippen LogP contribution < -0.4 is 11.3 Å². The summed E-state index contributed by atoms with van der Waals surface area (Å²) in [6, 6.07) is 5.42. The predicted molar refractivity (Wildman–Crippen MR) is 75.7 cm³/mol. The van der Waals surface area contributed by atoms with E-state index in [1.54, 1.807) is 12.1 Å². The third-order valence-corrected chi connectivity index (χ3v) is 3.90. The smallest absolute Gasteiger partial charge is 0.259 e. The van der Waals surface area contributed by atoms with Crippen molar-refractivity contribution in [3.63, 3.8) is 0 Å². The molecule has 0 aliphatic carbocycles. The molecule has 1 aliphatic rings. The quantitative estimate of drug-likeness (QED) is 0.814. The average molecular weight is 273 g/mol. The number of aryl methyl sites for hydroxylation is 1. The lowest BCUT2D eigenvalue weighted by atomic mass is 10.1. The molecule has 0 spiro atoms. The topological polar surface area (TPSA) is 88.8 Å². The molecule has 0 fully saturated rings. The molecule has 0 amide bonds. The van der Waals surface area contributed by atoms with Crippen LogP contribution in [0.15, 0.2) is 28.0 Å². The summed E-state index contributed by atoms with van der Waals surface area (Å²) in [6.45, 7) is 1.91. The van der Waals surface area contributed by atoms with E-state index < -0.39 is 0 Å². The van der Waals surface area contributed by atoms with Crippen LogP contribution in [0.1, 0.15) is 11.4 Å². The van der Waals surface area contributed by atoms with Crippen LogP contribution in [0.25, 0.3) is 16.5 Å². The number of nitrogens with two attached hydrogens (primary N) is 1. The van der Waals surface area contributed by atoms with Gasteiger partial charge in [0.25, 0.3) is 5.56 Å². The zero-order valence-corrected chi connectivity index (χ0v) is 11.0. The fourth-order valence-corrected chi connectivity index (χ4v) is 2.83. The number of hydrogen-bond donors (Lipinski definition) is 2. The first kappa shape index (κ1) is 12.0. The summed E-state index contributed by atoms with van der Waals surface area (Å²) in [7, 11) is 0. The molecule has 3 N–H and O–H groups in total. The van der Waals surface area contributed by atoms with Gasteiger partial charge in [0.1, 0.15) is 5.82 Å². The van der Waals surface area contributed by atoms with Crippen LogP contribution in [0.2, 0.25) is 0 Å². The minimum absolute atomic E-state index is 0.0999. The van der Waals surface area contributed by atoms with Crippen molar-refractivity contribution < 1.29 is 4.79 Å². The van der Waals surface area contributed by atoms with E-state index in [2.05, 4.69) is 9.97 Å². The Morgan fingerprint density at radius 1 is 1.37 bits per heavy atom. The summed E-state index contributed by atoms with van der Waals surface area (Å²) in [5.74, 6) is 0.461. The number of nitrogens with one attached hydrogen (secondary N) is 1. The molecule has 6 heteroatoms. The highest BCUT2D eigenvalue weighted by molar-refractivity contribution is 8.04. The van der Waals surface area contributed by atoms with Gasteiger partial charge in [-0.25, -0.2) is 4.98 Å². The van der Waals surface area contributed by atoms with Crippen molar-refractivity contribution in [2.24, 2.45) is 5.73 Å². The molecule has 0 bridgehead atoms. The van der Waals surface area contributed by atoms with Crippen LogP contribution in [-0.4, -0.2) is 21.5 Å². The van der Waals surface area contributed by atoms with E-state index in [1.165, 1.54) is 11.8 Å². The van der Waals surface area contributed by atoms with Gasteiger partial charge in [0.15, 0.2) is 5.78 Å². The van der Waals surface area contributed by atoms with Crippen molar-refractivity contribution in [2.75, 3.05) is 5.75 Å². The van der Waals surface area contributed by atoms with E-state index in [0.717, 1.165) is 5.56 Å². The van der Waals surface area contributed by atoms with Crippen LogP contribution in [0.4, 0.5) is 0 Å².